The van der Waals surface area contributed by atoms with Crippen molar-refractivity contribution in [2.75, 3.05) is 11.1 Å². The van der Waals surface area contributed by atoms with Crippen molar-refractivity contribution in [2.45, 2.75) is 11.3 Å². The maximum absolute atomic E-state index is 12.1. The standard InChI is InChI=1S/C15H13Cl2NO3S/c16-11-6-7-13(17)14(10-11)18-15(19)8-9-22(20,21)12-4-2-1-3-5-12/h1-7,10H,8-9H2,(H,18,19). The molecule has 0 spiro atoms. The monoisotopic (exact) mass is 357 g/mol. The molecule has 0 aliphatic rings. The summed E-state index contributed by atoms with van der Waals surface area (Å²) in [7, 11) is -3.49. The van der Waals surface area contributed by atoms with Gasteiger partial charge in [-0.3, -0.25) is 4.79 Å². The molecule has 2 aromatic rings. The topological polar surface area (TPSA) is 63.2 Å². The molecule has 2 rings (SSSR count). The van der Waals surface area contributed by atoms with E-state index in [1.54, 1.807) is 30.3 Å². The first-order valence-electron chi connectivity index (χ1n) is 6.41. The quantitative estimate of drug-likeness (QED) is 0.884. The van der Waals surface area contributed by atoms with Crippen molar-refractivity contribution in [1.29, 1.82) is 0 Å². The van der Waals surface area contributed by atoms with Gasteiger partial charge >= 0.3 is 0 Å². The van der Waals surface area contributed by atoms with Crippen LogP contribution in [0.3, 0.4) is 0 Å². The number of sulfone groups is 1. The van der Waals surface area contributed by atoms with E-state index in [2.05, 4.69) is 5.32 Å². The molecular formula is C15H13Cl2NO3S. The Kier molecular flexibility index (Phi) is 5.45. The van der Waals surface area contributed by atoms with Crippen LogP contribution in [0.2, 0.25) is 10.0 Å². The molecule has 0 atom stereocenters. The second-order valence-corrected chi connectivity index (χ2v) is 7.51. The molecule has 0 bridgehead atoms. The van der Waals surface area contributed by atoms with Crippen molar-refractivity contribution in [3.05, 3.63) is 58.6 Å². The summed E-state index contributed by atoms with van der Waals surface area (Å²) in [4.78, 5) is 12.1. The van der Waals surface area contributed by atoms with E-state index >= 15 is 0 Å². The van der Waals surface area contributed by atoms with Crippen LogP contribution in [-0.4, -0.2) is 20.1 Å². The first kappa shape index (κ1) is 16.8. The third-order valence-electron chi connectivity index (χ3n) is 2.90. The molecule has 22 heavy (non-hydrogen) atoms. The van der Waals surface area contributed by atoms with E-state index in [0.717, 1.165) is 0 Å². The van der Waals surface area contributed by atoms with Gasteiger partial charge in [-0.15, -0.1) is 0 Å². The predicted molar refractivity (Wildman–Crippen MR) is 88.2 cm³/mol. The normalized spacial score (nSPS) is 11.2. The van der Waals surface area contributed by atoms with E-state index in [0.29, 0.717) is 15.7 Å². The van der Waals surface area contributed by atoms with Gasteiger partial charge in [-0.2, -0.15) is 0 Å². The number of benzene rings is 2. The van der Waals surface area contributed by atoms with Gasteiger partial charge in [0.25, 0.3) is 0 Å². The number of rotatable bonds is 5. The van der Waals surface area contributed by atoms with Crippen molar-refractivity contribution >= 4 is 44.6 Å². The molecule has 0 aromatic heterocycles. The summed E-state index contributed by atoms with van der Waals surface area (Å²) in [5, 5.41) is 3.32. The van der Waals surface area contributed by atoms with Gasteiger partial charge in [0.2, 0.25) is 5.91 Å². The van der Waals surface area contributed by atoms with Crippen molar-refractivity contribution in [2.24, 2.45) is 0 Å². The molecule has 116 valence electrons. The van der Waals surface area contributed by atoms with Crippen LogP contribution in [0.5, 0.6) is 0 Å². The lowest BCUT2D eigenvalue weighted by molar-refractivity contribution is -0.115. The van der Waals surface area contributed by atoms with Crippen molar-refractivity contribution in [1.82, 2.24) is 0 Å². The molecule has 0 aliphatic heterocycles. The number of amides is 1. The van der Waals surface area contributed by atoms with Crippen LogP contribution in [0, 0.1) is 0 Å². The Labute approximate surface area is 139 Å². The smallest absolute Gasteiger partial charge is 0.225 e. The molecular weight excluding hydrogens is 345 g/mol. The lowest BCUT2D eigenvalue weighted by atomic mass is 10.3. The number of halogens is 2. The molecule has 7 heteroatoms. The molecule has 0 radical (unpaired) electrons. The summed E-state index contributed by atoms with van der Waals surface area (Å²) < 4.78 is 24.2. The highest BCUT2D eigenvalue weighted by molar-refractivity contribution is 7.91. The summed E-state index contributed by atoms with van der Waals surface area (Å²) in [6.45, 7) is 0. The number of nitrogens with one attached hydrogen (secondary N) is 1. The third-order valence-corrected chi connectivity index (χ3v) is 5.20. The maximum Gasteiger partial charge on any atom is 0.225 e. The van der Waals surface area contributed by atoms with E-state index in [-0.39, 0.29) is 17.1 Å². The second-order valence-electron chi connectivity index (χ2n) is 4.55. The fraction of sp³-hybridized carbons (Fsp3) is 0.133. The average Bonchev–Trinajstić information content (AvgIpc) is 2.50. The zero-order chi connectivity index (χ0) is 16.2. The second kappa shape index (κ2) is 7.13. The lowest BCUT2D eigenvalue weighted by Gasteiger charge is -2.08. The Bertz CT molecular complexity index is 777. The molecule has 0 heterocycles. The van der Waals surface area contributed by atoms with Gasteiger partial charge in [0.05, 0.1) is 21.4 Å². The molecule has 2 aromatic carbocycles. The minimum atomic E-state index is -3.49. The van der Waals surface area contributed by atoms with Crippen molar-refractivity contribution in [3.8, 4) is 0 Å². The molecule has 0 fully saturated rings. The first-order valence-corrected chi connectivity index (χ1v) is 8.82. The van der Waals surface area contributed by atoms with Crippen LogP contribution >= 0.6 is 23.2 Å². The number of hydrogen-bond acceptors (Lipinski definition) is 3. The van der Waals surface area contributed by atoms with Crippen LogP contribution in [-0.2, 0) is 14.6 Å². The first-order chi connectivity index (χ1) is 10.4. The van der Waals surface area contributed by atoms with E-state index in [4.69, 9.17) is 23.2 Å². The summed E-state index contributed by atoms with van der Waals surface area (Å²) in [5.41, 5.74) is 0.358. The summed E-state index contributed by atoms with van der Waals surface area (Å²) >= 11 is 11.8. The third kappa shape index (κ3) is 4.47. The molecule has 0 saturated heterocycles. The lowest BCUT2D eigenvalue weighted by Crippen LogP contribution is -2.17. The van der Waals surface area contributed by atoms with E-state index in [1.165, 1.54) is 18.2 Å². The zero-order valence-electron chi connectivity index (χ0n) is 11.4. The van der Waals surface area contributed by atoms with E-state index in [9.17, 15) is 13.2 Å². The summed E-state index contributed by atoms with van der Waals surface area (Å²) in [6.07, 6.45) is -0.167. The molecule has 1 N–H and O–H groups in total. The predicted octanol–water partition coefficient (Wildman–Crippen LogP) is 3.80. The molecule has 0 aliphatic carbocycles. The average molecular weight is 358 g/mol. The van der Waals surface area contributed by atoms with E-state index in [1.807, 2.05) is 0 Å². The maximum atomic E-state index is 12.1. The minimum Gasteiger partial charge on any atom is -0.325 e. The Hall–Kier alpha value is -1.56. The van der Waals surface area contributed by atoms with E-state index < -0.39 is 15.7 Å². The minimum absolute atomic E-state index is 0.167. The number of anilines is 1. The Morgan fingerprint density at radius 2 is 1.73 bits per heavy atom. The Balaban J connectivity index is 2.00. The molecule has 0 unspecified atom stereocenters. The highest BCUT2D eigenvalue weighted by atomic mass is 35.5. The van der Waals surface area contributed by atoms with Gasteiger partial charge in [0.1, 0.15) is 0 Å². The Morgan fingerprint density at radius 3 is 2.41 bits per heavy atom. The number of hydrogen-bond donors (Lipinski definition) is 1. The number of carbonyl (C=O) groups is 1. The largest absolute Gasteiger partial charge is 0.325 e. The van der Waals surface area contributed by atoms with Gasteiger partial charge in [0, 0.05) is 11.4 Å². The van der Waals surface area contributed by atoms with Crippen LogP contribution < -0.4 is 5.32 Å². The van der Waals surface area contributed by atoms with Crippen LogP contribution in [0.1, 0.15) is 6.42 Å². The zero-order valence-corrected chi connectivity index (χ0v) is 13.8. The highest BCUT2D eigenvalue weighted by Crippen LogP contribution is 2.25. The Morgan fingerprint density at radius 1 is 1.05 bits per heavy atom. The van der Waals surface area contributed by atoms with Crippen LogP contribution in [0.15, 0.2) is 53.4 Å². The fourth-order valence-corrected chi connectivity index (χ4v) is 3.38. The van der Waals surface area contributed by atoms with Gasteiger partial charge in [-0.1, -0.05) is 41.4 Å². The van der Waals surface area contributed by atoms with Crippen LogP contribution in [0.4, 0.5) is 5.69 Å². The molecule has 0 saturated carbocycles. The highest BCUT2D eigenvalue weighted by Gasteiger charge is 2.16. The summed E-state index contributed by atoms with van der Waals surface area (Å²) in [6, 6.07) is 12.7. The fourth-order valence-electron chi connectivity index (χ4n) is 1.78. The van der Waals surface area contributed by atoms with Gasteiger partial charge in [0.15, 0.2) is 9.84 Å². The van der Waals surface area contributed by atoms with Crippen LogP contribution in [0.25, 0.3) is 0 Å². The molecule has 4 nitrogen and oxygen atoms in total. The van der Waals surface area contributed by atoms with Gasteiger partial charge in [-0.05, 0) is 30.3 Å². The summed E-state index contributed by atoms with van der Waals surface area (Å²) in [5.74, 6) is -0.718. The molecule has 1 amide bonds. The van der Waals surface area contributed by atoms with Gasteiger partial charge < -0.3 is 5.32 Å². The number of carbonyl (C=O) groups excluding carboxylic acids is 1. The van der Waals surface area contributed by atoms with Crippen molar-refractivity contribution in [3.63, 3.8) is 0 Å². The SMILES string of the molecule is O=C(CCS(=O)(=O)c1ccccc1)Nc1cc(Cl)ccc1Cl. The van der Waals surface area contributed by atoms with Crippen molar-refractivity contribution < 1.29 is 13.2 Å². The van der Waals surface area contributed by atoms with Gasteiger partial charge in [-0.25, -0.2) is 8.42 Å².